The lowest BCUT2D eigenvalue weighted by Crippen LogP contribution is -2.05. The van der Waals surface area contributed by atoms with Crippen LogP contribution in [-0.2, 0) is 0 Å². The fourth-order valence-electron chi connectivity index (χ4n) is 2.68. The van der Waals surface area contributed by atoms with Crippen LogP contribution in [0.15, 0.2) is 28.7 Å². The van der Waals surface area contributed by atoms with E-state index >= 15 is 0 Å². The lowest BCUT2D eigenvalue weighted by atomic mass is 9.93. The van der Waals surface area contributed by atoms with Crippen LogP contribution in [0, 0.1) is 0 Å². The van der Waals surface area contributed by atoms with Crippen molar-refractivity contribution in [3.05, 3.63) is 34.3 Å². The first-order chi connectivity index (χ1) is 9.79. The number of aliphatic hydroxyl groups is 1. The number of halogens is 1. The monoisotopic (exact) mass is 340 g/mol. The van der Waals surface area contributed by atoms with Gasteiger partial charge in [-0.15, -0.1) is 0 Å². The largest absolute Gasteiger partial charge is 0.396 e. The highest BCUT2D eigenvalue weighted by atomic mass is 79.9. The molecular formula is C18H29BrO. The highest BCUT2D eigenvalue weighted by molar-refractivity contribution is 9.10. The maximum absolute atomic E-state index is 9.58. The van der Waals surface area contributed by atoms with Gasteiger partial charge in [0.1, 0.15) is 0 Å². The molecule has 0 saturated heterocycles. The third-order valence-electron chi connectivity index (χ3n) is 3.97. The van der Waals surface area contributed by atoms with E-state index in [-0.39, 0.29) is 12.5 Å². The van der Waals surface area contributed by atoms with Gasteiger partial charge in [0, 0.05) is 17.0 Å². The zero-order valence-electron chi connectivity index (χ0n) is 12.8. The molecule has 1 N–H and O–H groups in total. The Balaban J connectivity index is 2.18. The van der Waals surface area contributed by atoms with Gasteiger partial charge in [-0.3, -0.25) is 0 Å². The maximum Gasteiger partial charge on any atom is 0.0500 e. The van der Waals surface area contributed by atoms with Gasteiger partial charge < -0.3 is 5.11 Å². The average Bonchev–Trinajstić information content (AvgIpc) is 2.47. The topological polar surface area (TPSA) is 20.2 Å². The normalized spacial score (nSPS) is 12.6. The van der Waals surface area contributed by atoms with Gasteiger partial charge in [0.15, 0.2) is 0 Å². The van der Waals surface area contributed by atoms with E-state index in [1.807, 2.05) is 6.07 Å². The summed E-state index contributed by atoms with van der Waals surface area (Å²) in [5.41, 5.74) is 1.25. The van der Waals surface area contributed by atoms with Gasteiger partial charge >= 0.3 is 0 Å². The SMILES string of the molecule is CCCCCCCCCCC(CO)c1ccccc1Br. The van der Waals surface area contributed by atoms with Crippen molar-refractivity contribution in [2.24, 2.45) is 0 Å². The summed E-state index contributed by atoms with van der Waals surface area (Å²) < 4.78 is 1.12. The second kappa shape index (κ2) is 11.3. The van der Waals surface area contributed by atoms with Crippen molar-refractivity contribution in [2.45, 2.75) is 70.6 Å². The van der Waals surface area contributed by atoms with E-state index in [0.29, 0.717) is 0 Å². The molecule has 1 atom stereocenters. The molecule has 2 heteroatoms. The lowest BCUT2D eigenvalue weighted by molar-refractivity contribution is 0.256. The number of aliphatic hydroxyl groups excluding tert-OH is 1. The predicted octanol–water partition coefficient (Wildman–Crippen LogP) is 6.06. The number of rotatable bonds is 11. The third kappa shape index (κ3) is 6.90. The standard InChI is InChI=1S/C18H29BrO/c1-2-3-4-5-6-7-8-9-12-16(15-20)17-13-10-11-14-18(17)19/h10-11,13-14,16,20H,2-9,12,15H2,1H3. The Hall–Kier alpha value is -0.340. The van der Waals surface area contributed by atoms with Crippen LogP contribution in [-0.4, -0.2) is 11.7 Å². The van der Waals surface area contributed by atoms with Crippen LogP contribution >= 0.6 is 15.9 Å². The van der Waals surface area contributed by atoms with E-state index in [4.69, 9.17) is 0 Å². The molecule has 1 aromatic rings. The molecule has 0 aliphatic rings. The molecule has 0 spiro atoms. The molecule has 1 rings (SSSR count). The highest BCUT2D eigenvalue weighted by Gasteiger charge is 2.12. The first kappa shape index (κ1) is 17.7. The zero-order valence-corrected chi connectivity index (χ0v) is 14.4. The van der Waals surface area contributed by atoms with Gasteiger partial charge in [0.25, 0.3) is 0 Å². The van der Waals surface area contributed by atoms with E-state index in [1.165, 1.54) is 56.9 Å². The third-order valence-corrected chi connectivity index (χ3v) is 4.69. The van der Waals surface area contributed by atoms with Gasteiger partial charge in [0.2, 0.25) is 0 Å². The van der Waals surface area contributed by atoms with Crippen LogP contribution in [0.4, 0.5) is 0 Å². The molecular weight excluding hydrogens is 312 g/mol. The Morgan fingerprint density at radius 1 is 0.950 bits per heavy atom. The van der Waals surface area contributed by atoms with Crippen LogP contribution in [0.5, 0.6) is 0 Å². The van der Waals surface area contributed by atoms with Crippen LogP contribution < -0.4 is 0 Å². The van der Waals surface area contributed by atoms with Crippen molar-refractivity contribution in [1.29, 1.82) is 0 Å². The lowest BCUT2D eigenvalue weighted by Gasteiger charge is -2.16. The van der Waals surface area contributed by atoms with Gasteiger partial charge in [-0.1, -0.05) is 92.4 Å². The summed E-state index contributed by atoms with van der Waals surface area (Å²) in [5.74, 6) is 0.283. The summed E-state index contributed by atoms with van der Waals surface area (Å²) in [6.45, 7) is 2.51. The Kier molecular flexibility index (Phi) is 10.0. The summed E-state index contributed by atoms with van der Waals surface area (Å²) >= 11 is 3.58. The molecule has 0 radical (unpaired) electrons. The quantitative estimate of drug-likeness (QED) is 0.485. The number of benzene rings is 1. The summed E-state index contributed by atoms with van der Waals surface area (Å²) in [7, 11) is 0. The minimum atomic E-state index is 0.249. The van der Waals surface area contributed by atoms with Gasteiger partial charge in [-0.25, -0.2) is 0 Å². The van der Waals surface area contributed by atoms with Crippen LogP contribution in [0.2, 0.25) is 0 Å². The van der Waals surface area contributed by atoms with E-state index in [0.717, 1.165) is 10.9 Å². The summed E-state index contributed by atoms with van der Waals surface area (Å²) in [4.78, 5) is 0. The molecule has 0 aromatic heterocycles. The molecule has 0 heterocycles. The Bertz CT molecular complexity index is 351. The highest BCUT2D eigenvalue weighted by Crippen LogP contribution is 2.28. The molecule has 20 heavy (non-hydrogen) atoms. The maximum atomic E-state index is 9.58. The fraction of sp³-hybridized carbons (Fsp3) is 0.667. The van der Waals surface area contributed by atoms with Gasteiger partial charge in [-0.2, -0.15) is 0 Å². The minimum Gasteiger partial charge on any atom is -0.396 e. The minimum absolute atomic E-state index is 0.249. The summed E-state index contributed by atoms with van der Waals surface area (Å²) in [6, 6.07) is 8.26. The van der Waals surface area contributed by atoms with Crippen molar-refractivity contribution in [1.82, 2.24) is 0 Å². The molecule has 1 aromatic carbocycles. The molecule has 0 aliphatic carbocycles. The Morgan fingerprint density at radius 2 is 1.55 bits per heavy atom. The molecule has 0 fully saturated rings. The van der Waals surface area contributed by atoms with Crippen molar-refractivity contribution >= 4 is 15.9 Å². The van der Waals surface area contributed by atoms with Crippen LogP contribution in [0.1, 0.15) is 76.2 Å². The first-order valence-corrected chi connectivity index (χ1v) is 8.94. The van der Waals surface area contributed by atoms with Crippen LogP contribution in [0.25, 0.3) is 0 Å². The van der Waals surface area contributed by atoms with Crippen molar-refractivity contribution in [3.8, 4) is 0 Å². The Labute approximate surface area is 132 Å². The first-order valence-electron chi connectivity index (χ1n) is 8.14. The Morgan fingerprint density at radius 3 is 2.15 bits per heavy atom. The number of hydrogen-bond donors (Lipinski definition) is 1. The predicted molar refractivity (Wildman–Crippen MR) is 91.2 cm³/mol. The molecule has 0 amide bonds. The van der Waals surface area contributed by atoms with Crippen molar-refractivity contribution in [3.63, 3.8) is 0 Å². The fourth-order valence-corrected chi connectivity index (χ4v) is 3.28. The van der Waals surface area contributed by atoms with Crippen molar-refractivity contribution in [2.75, 3.05) is 6.61 Å². The average molecular weight is 341 g/mol. The molecule has 0 saturated carbocycles. The summed E-state index contributed by atoms with van der Waals surface area (Å²) in [5, 5.41) is 9.58. The molecule has 0 aliphatic heterocycles. The van der Waals surface area contributed by atoms with E-state index < -0.39 is 0 Å². The van der Waals surface area contributed by atoms with Crippen LogP contribution in [0.3, 0.4) is 0 Å². The van der Waals surface area contributed by atoms with E-state index in [9.17, 15) is 5.11 Å². The van der Waals surface area contributed by atoms with Gasteiger partial charge in [0.05, 0.1) is 0 Å². The second-order valence-corrected chi connectivity index (χ2v) is 6.52. The second-order valence-electron chi connectivity index (χ2n) is 5.66. The molecule has 1 nitrogen and oxygen atoms in total. The van der Waals surface area contributed by atoms with Gasteiger partial charge in [-0.05, 0) is 18.1 Å². The zero-order chi connectivity index (χ0) is 14.6. The number of unbranched alkanes of at least 4 members (excludes halogenated alkanes) is 7. The number of hydrogen-bond acceptors (Lipinski definition) is 1. The van der Waals surface area contributed by atoms with Crippen molar-refractivity contribution < 1.29 is 5.11 Å². The molecule has 1 unspecified atom stereocenters. The van der Waals surface area contributed by atoms with E-state index in [2.05, 4.69) is 41.1 Å². The smallest absolute Gasteiger partial charge is 0.0500 e. The summed E-state index contributed by atoms with van der Waals surface area (Å²) in [6.07, 6.45) is 11.8. The van der Waals surface area contributed by atoms with E-state index in [1.54, 1.807) is 0 Å². The molecule has 114 valence electrons. The molecule has 0 bridgehead atoms.